The Hall–Kier alpha value is -4.72. The van der Waals surface area contributed by atoms with Gasteiger partial charge in [0.1, 0.15) is 11.6 Å². The second-order valence-corrected chi connectivity index (χ2v) is 8.69. The number of ether oxygens (including phenoxy) is 1. The van der Waals surface area contributed by atoms with Gasteiger partial charge in [0.15, 0.2) is 5.82 Å². The molecule has 0 saturated heterocycles. The molecule has 5 rings (SSSR count). The standard InChI is InChI=1S/C29H26N4O4/c1-3-9-25-30-19(2)26(36-22-10-5-4-6-11-22)28(34)33(25)18-20-14-16-21(17-15-20)23-12-7-8-13-24(23)27-31-29(35)37-32-27/h4-8,10-17H,3,9,18H2,1-2H3,(H,31,32,35). The van der Waals surface area contributed by atoms with Crippen LogP contribution in [0.15, 0.2) is 93.0 Å². The zero-order chi connectivity index (χ0) is 25.8. The molecule has 0 saturated carbocycles. The normalized spacial score (nSPS) is 11.0. The Morgan fingerprint density at radius 3 is 2.30 bits per heavy atom. The minimum absolute atomic E-state index is 0.204. The lowest BCUT2D eigenvalue weighted by Gasteiger charge is -2.16. The highest BCUT2D eigenvalue weighted by Crippen LogP contribution is 2.30. The fourth-order valence-electron chi connectivity index (χ4n) is 4.26. The molecule has 37 heavy (non-hydrogen) atoms. The van der Waals surface area contributed by atoms with Crippen molar-refractivity contribution in [2.75, 3.05) is 0 Å². The third kappa shape index (κ3) is 5.13. The fraction of sp³-hybridized carbons (Fsp3) is 0.172. The van der Waals surface area contributed by atoms with Gasteiger partial charge in [-0.3, -0.25) is 18.9 Å². The third-order valence-corrected chi connectivity index (χ3v) is 6.04. The molecule has 2 heterocycles. The van der Waals surface area contributed by atoms with Crippen molar-refractivity contribution in [1.82, 2.24) is 19.7 Å². The van der Waals surface area contributed by atoms with E-state index in [-0.39, 0.29) is 11.3 Å². The first-order valence-electron chi connectivity index (χ1n) is 12.1. The summed E-state index contributed by atoms with van der Waals surface area (Å²) in [7, 11) is 0. The molecule has 0 radical (unpaired) electrons. The predicted molar refractivity (Wildman–Crippen MR) is 141 cm³/mol. The molecule has 5 aromatic rings. The molecule has 1 N–H and O–H groups in total. The summed E-state index contributed by atoms with van der Waals surface area (Å²) in [5.41, 5.74) is 3.92. The molecule has 3 aromatic carbocycles. The van der Waals surface area contributed by atoms with E-state index >= 15 is 0 Å². The largest absolute Gasteiger partial charge is 0.450 e. The number of aromatic nitrogens is 4. The van der Waals surface area contributed by atoms with Crippen molar-refractivity contribution in [3.63, 3.8) is 0 Å². The topological polar surface area (TPSA) is 103 Å². The summed E-state index contributed by atoms with van der Waals surface area (Å²) in [5.74, 6) is 1.33. The van der Waals surface area contributed by atoms with Crippen LogP contribution in [0.25, 0.3) is 22.5 Å². The lowest BCUT2D eigenvalue weighted by atomic mass is 9.98. The first-order chi connectivity index (χ1) is 18.0. The van der Waals surface area contributed by atoms with Crippen molar-refractivity contribution < 1.29 is 9.26 Å². The van der Waals surface area contributed by atoms with E-state index in [9.17, 15) is 9.59 Å². The summed E-state index contributed by atoms with van der Waals surface area (Å²) in [6.45, 7) is 4.23. The molecule has 0 spiro atoms. The second-order valence-electron chi connectivity index (χ2n) is 8.69. The lowest BCUT2D eigenvalue weighted by Crippen LogP contribution is -2.27. The highest BCUT2D eigenvalue weighted by Gasteiger charge is 2.17. The van der Waals surface area contributed by atoms with E-state index in [0.717, 1.165) is 34.5 Å². The number of hydrogen-bond donors (Lipinski definition) is 1. The summed E-state index contributed by atoms with van der Waals surface area (Å²) in [5, 5.41) is 3.83. The van der Waals surface area contributed by atoms with Gasteiger partial charge in [0, 0.05) is 12.0 Å². The maximum absolute atomic E-state index is 13.5. The van der Waals surface area contributed by atoms with Gasteiger partial charge in [-0.05, 0) is 42.2 Å². The van der Waals surface area contributed by atoms with Crippen LogP contribution in [0.3, 0.4) is 0 Å². The number of aryl methyl sites for hydroxylation is 2. The van der Waals surface area contributed by atoms with Gasteiger partial charge in [-0.1, -0.05) is 78.8 Å². The van der Waals surface area contributed by atoms with E-state index in [0.29, 0.717) is 30.2 Å². The van der Waals surface area contributed by atoms with Crippen LogP contribution in [-0.4, -0.2) is 19.7 Å². The molecule has 0 amide bonds. The Morgan fingerprint density at radius 1 is 0.919 bits per heavy atom. The monoisotopic (exact) mass is 494 g/mol. The molecule has 8 heteroatoms. The average Bonchev–Trinajstić information content (AvgIpc) is 3.36. The van der Waals surface area contributed by atoms with Crippen molar-refractivity contribution in [2.24, 2.45) is 0 Å². The van der Waals surface area contributed by atoms with E-state index in [4.69, 9.17) is 9.72 Å². The maximum atomic E-state index is 13.5. The number of hydrogen-bond acceptors (Lipinski definition) is 6. The quantitative estimate of drug-likeness (QED) is 0.312. The minimum atomic E-state index is -0.601. The number of aromatic amines is 1. The first kappa shape index (κ1) is 24.0. The number of rotatable bonds is 8. The molecule has 0 bridgehead atoms. The van der Waals surface area contributed by atoms with E-state index in [1.807, 2.05) is 78.9 Å². The molecule has 0 unspecified atom stereocenters. The average molecular weight is 495 g/mol. The van der Waals surface area contributed by atoms with Crippen LogP contribution in [0.4, 0.5) is 0 Å². The van der Waals surface area contributed by atoms with Gasteiger partial charge in [-0.25, -0.2) is 9.78 Å². The Morgan fingerprint density at radius 2 is 1.62 bits per heavy atom. The number of para-hydroxylation sites is 1. The van der Waals surface area contributed by atoms with E-state index in [1.165, 1.54) is 0 Å². The predicted octanol–water partition coefficient (Wildman–Crippen LogP) is 5.36. The van der Waals surface area contributed by atoms with Gasteiger partial charge in [0.05, 0.1) is 12.2 Å². The van der Waals surface area contributed by atoms with Crippen LogP contribution < -0.4 is 16.1 Å². The summed E-state index contributed by atoms with van der Waals surface area (Å²) >= 11 is 0. The zero-order valence-corrected chi connectivity index (χ0v) is 20.6. The van der Waals surface area contributed by atoms with Crippen LogP contribution in [0.5, 0.6) is 11.5 Å². The van der Waals surface area contributed by atoms with Crippen molar-refractivity contribution in [3.05, 3.63) is 117 Å². The molecule has 8 nitrogen and oxygen atoms in total. The third-order valence-electron chi connectivity index (χ3n) is 6.04. The van der Waals surface area contributed by atoms with Crippen molar-refractivity contribution in [1.29, 1.82) is 0 Å². The Kier molecular flexibility index (Phi) is 6.81. The maximum Gasteiger partial charge on any atom is 0.439 e. The minimum Gasteiger partial charge on any atom is -0.450 e. The van der Waals surface area contributed by atoms with E-state index in [1.54, 1.807) is 11.5 Å². The zero-order valence-electron chi connectivity index (χ0n) is 20.6. The number of benzene rings is 3. The molecule has 0 aliphatic carbocycles. The molecule has 0 fully saturated rings. The second kappa shape index (κ2) is 10.5. The van der Waals surface area contributed by atoms with Gasteiger partial charge >= 0.3 is 5.76 Å². The van der Waals surface area contributed by atoms with Crippen LogP contribution in [0.2, 0.25) is 0 Å². The summed E-state index contributed by atoms with van der Waals surface area (Å²) in [6.07, 6.45) is 1.55. The number of nitrogens with zero attached hydrogens (tertiary/aromatic N) is 3. The Bertz CT molecular complexity index is 1630. The van der Waals surface area contributed by atoms with Gasteiger partial charge in [-0.15, -0.1) is 0 Å². The van der Waals surface area contributed by atoms with Crippen LogP contribution in [0, 0.1) is 6.92 Å². The molecule has 186 valence electrons. The van der Waals surface area contributed by atoms with Crippen LogP contribution >= 0.6 is 0 Å². The lowest BCUT2D eigenvalue weighted by molar-refractivity contribution is 0.388. The molecular formula is C29H26N4O4. The smallest absolute Gasteiger partial charge is 0.439 e. The Labute approximate surface area is 213 Å². The van der Waals surface area contributed by atoms with Gasteiger partial charge in [0.2, 0.25) is 5.75 Å². The van der Waals surface area contributed by atoms with Crippen molar-refractivity contribution in [3.8, 4) is 34.0 Å². The van der Waals surface area contributed by atoms with E-state index in [2.05, 4.69) is 21.6 Å². The molecule has 2 aromatic heterocycles. The van der Waals surface area contributed by atoms with Gasteiger partial charge < -0.3 is 4.74 Å². The Balaban J connectivity index is 1.48. The summed E-state index contributed by atoms with van der Waals surface area (Å²) in [6, 6.07) is 24.8. The van der Waals surface area contributed by atoms with Gasteiger partial charge in [-0.2, -0.15) is 0 Å². The highest BCUT2D eigenvalue weighted by molar-refractivity contribution is 5.80. The molecule has 0 aliphatic rings. The van der Waals surface area contributed by atoms with E-state index < -0.39 is 5.76 Å². The van der Waals surface area contributed by atoms with Crippen molar-refractivity contribution >= 4 is 0 Å². The molecule has 0 atom stereocenters. The van der Waals surface area contributed by atoms with Crippen LogP contribution in [-0.2, 0) is 13.0 Å². The number of H-pyrrole nitrogens is 1. The van der Waals surface area contributed by atoms with Gasteiger partial charge in [0.25, 0.3) is 5.56 Å². The fourth-order valence-corrected chi connectivity index (χ4v) is 4.26. The SMILES string of the molecule is CCCc1nc(C)c(Oc2ccccc2)c(=O)n1Cc1ccc(-c2ccccc2-c2noc(=O)[nH]2)cc1. The highest BCUT2D eigenvalue weighted by atomic mass is 16.5. The summed E-state index contributed by atoms with van der Waals surface area (Å²) < 4.78 is 12.3. The molecule has 0 aliphatic heterocycles. The van der Waals surface area contributed by atoms with Crippen molar-refractivity contribution in [2.45, 2.75) is 33.2 Å². The first-order valence-corrected chi connectivity index (χ1v) is 12.1. The molecular weight excluding hydrogens is 468 g/mol. The summed E-state index contributed by atoms with van der Waals surface area (Å²) in [4.78, 5) is 32.3. The number of nitrogens with one attached hydrogen (secondary N) is 1. The van der Waals surface area contributed by atoms with Crippen LogP contribution in [0.1, 0.15) is 30.4 Å².